The molecule has 0 bridgehead atoms. The van der Waals surface area contributed by atoms with Crippen molar-refractivity contribution in [2.24, 2.45) is 0 Å². The van der Waals surface area contributed by atoms with Crippen LogP contribution in [0.4, 0.5) is 0 Å². The second-order valence-electron chi connectivity index (χ2n) is 14.4. The molecule has 254 valence electrons. The predicted octanol–water partition coefficient (Wildman–Crippen LogP) is 13.1. The SMILES string of the molecule is [2H]c1c([2H])c([2H])c(-c2cc3c4c5c(cccc25)C2(c5ccccc5-c5ccccc52)c2cccc(c24)n3-c2nc(-c3ccccc3)c3sc4ccccc4c3n2)c([2H])c1[2H]. The van der Waals surface area contributed by atoms with Crippen molar-refractivity contribution in [2.75, 3.05) is 0 Å². The highest BCUT2D eigenvalue weighted by Gasteiger charge is 2.50. The largest absolute Gasteiger partial charge is 0.278 e. The first-order valence-corrected chi connectivity index (χ1v) is 19.2. The van der Waals surface area contributed by atoms with Crippen LogP contribution in [0.5, 0.6) is 0 Å². The van der Waals surface area contributed by atoms with E-state index in [0.29, 0.717) is 11.5 Å². The molecule has 0 aliphatic heterocycles. The number of fused-ring (bicyclic) bond motifs is 10. The van der Waals surface area contributed by atoms with Gasteiger partial charge in [-0.25, -0.2) is 9.97 Å². The molecular weight excluding hydrogens is 687 g/mol. The summed E-state index contributed by atoms with van der Waals surface area (Å²) >= 11 is 1.69. The maximum absolute atomic E-state index is 9.27. The van der Waals surface area contributed by atoms with Crippen LogP contribution in [0.3, 0.4) is 0 Å². The number of hydrogen-bond acceptors (Lipinski definition) is 3. The summed E-state index contributed by atoms with van der Waals surface area (Å²) in [6.07, 6.45) is 0. The van der Waals surface area contributed by atoms with E-state index in [9.17, 15) is 2.74 Å². The molecule has 0 saturated carbocycles. The lowest BCUT2D eigenvalue weighted by Crippen LogP contribution is -2.30. The first kappa shape index (κ1) is 25.2. The second kappa shape index (κ2) is 10.6. The molecular formula is C51H29N3S. The molecule has 2 aliphatic rings. The molecule has 55 heavy (non-hydrogen) atoms. The highest BCUT2D eigenvalue weighted by molar-refractivity contribution is 7.26. The Labute approximate surface area is 327 Å². The highest BCUT2D eigenvalue weighted by Crippen LogP contribution is 2.62. The van der Waals surface area contributed by atoms with E-state index in [0.717, 1.165) is 75.3 Å². The van der Waals surface area contributed by atoms with Gasteiger partial charge in [-0.1, -0.05) is 158 Å². The van der Waals surface area contributed by atoms with E-state index >= 15 is 0 Å². The molecule has 1 spiro atoms. The maximum Gasteiger partial charge on any atom is 0.235 e. The van der Waals surface area contributed by atoms with Crippen molar-refractivity contribution >= 4 is 64.2 Å². The summed E-state index contributed by atoms with van der Waals surface area (Å²) in [5, 5.41) is 4.95. The number of hydrogen-bond donors (Lipinski definition) is 0. The number of thiophene rings is 1. The van der Waals surface area contributed by atoms with Crippen LogP contribution in [-0.2, 0) is 5.41 Å². The van der Waals surface area contributed by atoms with Crippen LogP contribution >= 0.6 is 11.3 Å². The Morgan fingerprint density at radius 3 is 1.96 bits per heavy atom. The van der Waals surface area contributed by atoms with Gasteiger partial charge in [0.1, 0.15) is 0 Å². The second-order valence-corrected chi connectivity index (χ2v) is 15.5. The van der Waals surface area contributed by atoms with E-state index in [1.165, 1.54) is 22.3 Å². The summed E-state index contributed by atoms with van der Waals surface area (Å²) in [5.74, 6) is 0.495. The van der Waals surface area contributed by atoms with Crippen LogP contribution < -0.4 is 0 Å². The van der Waals surface area contributed by atoms with Crippen LogP contribution in [0.25, 0.3) is 92.3 Å². The maximum atomic E-state index is 9.27. The average Bonchev–Trinajstić information content (AvgIpc) is 3.94. The molecule has 0 unspecified atom stereocenters. The zero-order chi connectivity index (χ0) is 40.2. The monoisotopic (exact) mass is 720 g/mol. The van der Waals surface area contributed by atoms with Crippen LogP contribution in [0.1, 0.15) is 29.1 Å². The van der Waals surface area contributed by atoms with Gasteiger partial charge in [-0.15, -0.1) is 11.3 Å². The Bertz CT molecular complexity index is 3670. The molecule has 13 rings (SSSR count). The Morgan fingerprint density at radius 2 is 1.16 bits per heavy atom. The zero-order valence-electron chi connectivity index (χ0n) is 34.1. The summed E-state index contributed by atoms with van der Waals surface area (Å²) in [6.45, 7) is 0. The summed E-state index contributed by atoms with van der Waals surface area (Å²) in [5.41, 5.74) is 11.3. The van der Waals surface area contributed by atoms with Gasteiger partial charge in [0.15, 0.2) is 0 Å². The van der Waals surface area contributed by atoms with Crippen LogP contribution in [0.2, 0.25) is 0 Å². The van der Waals surface area contributed by atoms with E-state index in [2.05, 4.69) is 114 Å². The molecule has 3 aromatic heterocycles. The Balaban J connectivity index is 1.28. The molecule has 4 heteroatoms. The van der Waals surface area contributed by atoms with Crippen LogP contribution in [0, 0.1) is 0 Å². The molecule has 0 radical (unpaired) electrons. The third kappa shape index (κ3) is 3.65. The Morgan fingerprint density at radius 1 is 0.509 bits per heavy atom. The molecule has 3 heterocycles. The molecule has 0 N–H and O–H groups in total. The lowest BCUT2D eigenvalue weighted by molar-refractivity contribution is 0.783. The summed E-state index contributed by atoms with van der Waals surface area (Å²) < 4.78 is 48.8. The van der Waals surface area contributed by atoms with E-state index < -0.39 is 11.5 Å². The minimum absolute atomic E-state index is 0.161. The van der Waals surface area contributed by atoms with Gasteiger partial charge in [0.25, 0.3) is 0 Å². The minimum atomic E-state index is -0.722. The number of aromatic nitrogens is 3. The van der Waals surface area contributed by atoms with E-state index in [1.807, 2.05) is 36.4 Å². The molecule has 11 aromatic rings. The molecule has 0 amide bonds. The molecule has 8 aromatic carbocycles. The van der Waals surface area contributed by atoms with Gasteiger partial charge in [0.2, 0.25) is 5.95 Å². The highest BCUT2D eigenvalue weighted by atomic mass is 32.1. The van der Waals surface area contributed by atoms with Crippen molar-refractivity contribution in [2.45, 2.75) is 5.41 Å². The topological polar surface area (TPSA) is 30.7 Å². The zero-order valence-corrected chi connectivity index (χ0v) is 29.9. The first-order valence-electron chi connectivity index (χ1n) is 20.9. The van der Waals surface area contributed by atoms with Gasteiger partial charge in [-0.3, -0.25) is 4.57 Å². The van der Waals surface area contributed by atoms with Crippen molar-refractivity contribution in [3.63, 3.8) is 0 Å². The van der Waals surface area contributed by atoms with Gasteiger partial charge in [-0.2, -0.15) is 0 Å². The van der Waals surface area contributed by atoms with E-state index in [4.69, 9.17) is 14.1 Å². The third-order valence-corrected chi connectivity index (χ3v) is 13.1. The molecule has 0 atom stereocenters. The third-order valence-electron chi connectivity index (χ3n) is 11.9. The fraction of sp³-hybridized carbons (Fsp3) is 0.0196. The summed E-state index contributed by atoms with van der Waals surface area (Å²) in [6, 6.07) is 49.2. The van der Waals surface area contributed by atoms with Crippen molar-refractivity contribution < 1.29 is 6.85 Å². The van der Waals surface area contributed by atoms with Gasteiger partial charge < -0.3 is 0 Å². The van der Waals surface area contributed by atoms with Crippen LogP contribution in [-0.4, -0.2) is 14.5 Å². The Hall–Kier alpha value is -6.88. The van der Waals surface area contributed by atoms with E-state index in [-0.39, 0.29) is 29.7 Å². The predicted molar refractivity (Wildman–Crippen MR) is 228 cm³/mol. The lowest BCUT2D eigenvalue weighted by Gasteiger charge is -2.38. The van der Waals surface area contributed by atoms with Crippen molar-refractivity contribution in [1.29, 1.82) is 0 Å². The standard InChI is InChI=1S/C51H29N3S/c1-3-15-30(16-4-1)36-29-42-46-44-34(36)22-13-25-39(44)51(37-23-10-7-19-32(37)33-20-8-11-24-38(33)51)40-26-14-27-41(45(40)46)54(42)50-52-47(31-17-5-2-6-18-31)49-48(53-50)35-21-9-12-28-43(35)55-49/h1-29H/i1D,3D,4D,15D,16D. The van der Waals surface area contributed by atoms with Crippen LogP contribution in [0.15, 0.2) is 176 Å². The Kier molecular flexibility index (Phi) is 4.87. The number of rotatable bonds is 3. The fourth-order valence-corrected chi connectivity index (χ4v) is 11.0. The summed E-state index contributed by atoms with van der Waals surface area (Å²) in [4.78, 5) is 10.9. The van der Waals surface area contributed by atoms with E-state index in [1.54, 1.807) is 11.3 Å². The van der Waals surface area contributed by atoms with Gasteiger partial charge >= 0.3 is 0 Å². The number of nitrogens with zero attached hydrogens (tertiary/aromatic N) is 3. The number of benzene rings is 8. The lowest BCUT2D eigenvalue weighted by atomic mass is 9.63. The summed E-state index contributed by atoms with van der Waals surface area (Å²) in [7, 11) is 0. The van der Waals surface area contributed by atoms with Gasteiger partial charge in [0.05, 0.1) is 39.2 Å². The first-order chi connectivity index (χ1) is 29.4. The minimum Gasteiger partial charge on any atom is -0.278 e. The fourth-order valence-electron chi connectivity index (χ4n) is 9.87. The van der Waals surface area contributed by atoms with Crippen molar-refractivity contribution in [3.8, 4) is 39.5 Å². The van der Waals surface area contributed by atoms with Crippen molar-refractivity contribution in [1.82, 2.24) is 14.5 Å². The molecule has 0 fully saturated rings. The normalized spacial score (nSPS) is 14.9. The van der Waals surface area contributed by atoms with Crippen molar-refractivity contribution in [3.05, 3.63) is 198 Å². The average molecular weight is 721 g/mol. The van der Waals surface area contributed by atoms with Gasteiger partial charge in [0, 0.05) is 26.4 Å². The smallest absolute Gasteiger partial charge is 0.235 e. The quantitative estimate of drug-likeness (QED) is 0.182. The van der Waals surface area contributed by atoms with Gasteiger partial charge in [-0.05, 0) is 73.5 Å². The molecule has 2 aliphatic carbocycles. The molecule has 0 saturated heterocycles. The molecule has 3 nitrogen and oxygen atoms in total.